The van der Waals surface area contributed by atoms with Crippen LogP contribution in [0.4, 0.5) is 5.82 Å². The minimum atomic E-state index is -1.33. The Morgan fingerprint density at radius 1 is 0.800 bits per heavy atom. The first kappa shape index (κ1) is 35.6. The van der Waals surface area contributed by atoms with Crippen LogP contribution >= 0.6 is 0 Å². The number of imidazole rings is 1. The van der Waals surface area contributed by atoms with Crippen molar-refractivity contribution in [3.8, 4) is 5.75 Å². The van der Waals surface area contributed by atoms with Crippen molar-refractivity contribution in [1.82, 2.24) is 19.5 Å². The summed E-state index contributed by atoms with van der Waals surface area (Å²) in [5, 5.41) is 15.4. The predicted molar refractivity (Wildman–Crippen MR) is 206 cm³/mol. The van der Waals surface area contributed by atoms with Gasteiger partial charge in [0.25, 0.3) is 0 Å². The third kappa shape index (κ3) is 7.04. The molecule has 0 spiro atoms. The molecule has 0 bridgehead atoms. The number of para-hydroxylation sites is 1. The number of aliphatic hydroxyl groups is 1. The van der Waals surface area contributed by atoms with Gasteiger partial charge in [0, 0.05) is 12.1 Å². The van der Waals surface area contributed by atoms with E-state index in [9.17, 15) is 9.90 Å². The number of rotatable bonds is 13. The zero-order chi connectivity index (χ0) is 37.6. The standard InChI is InChI=1S/C44H39N5O6/c1-52-35-25-15-14-24-34(35)44(32-20-10-4-11-21-32,33-22-12-5-13-23-33)53-27-36-39(55-43(51)31-18-8-3-9-19-31)38(50)42(54-36)49-29-48-37-40(46-28-47-41(37)49)45-26-30-16-6-2-7-17-30/h2-25,28-29,36,38-39,42,50H,26-27H2,1H3,(H,45,46,47)/t36-,38-,39-,42-/m1/s1. The second-order valence-electron chi connectivity index (χ2n) is 13.1. The van der Waals surface area contributed by atoms with E-state index in [1.54, 1.807) is 42.3 Å². The first-order valence-electron chi connectivity index (χ1n) is 18.0. The maximum absolute atomic E-state index is 13.6. The molecule has 276 valence electrons. The lowest BCUT2D eigenvalue weighted by molar-refractivity contribution is -0.0963. The van der Waals surface area contributed by atoms with Crippen molar-refractivity contribution < 1.29 is 28.8 Å². The second kappa shape index (κ2) is 15.9. The van der Waals surface area contributed by atoms with Gasteiger partial charge < -0.3 is 29.4 Å². The third-order valence-electron chi connectivity index (χ3n) is 9.81. The number of nitrogens with one attached hydrogen (secondary N) is 1. The maximum Gasteiger partial charge on any atom is 0.338 e. The third-order valence-corrected chi connectivity index (χ3v) is 9.81. The average molecular weight is 734 g/mol. The molecule has 1 aliphatic heterocycles. The van der Waals surface area contributed by atoms with E-state index in [1.807, 2.05) is 121 Å². The molecule has 3 heterocycles. The molecule has 1 fully saturated rings. The van der Waals surface area contributed by atoms with Crippen molar-refractivity contribution in [2.45, 2.75) is 36.7 Å². The van der Waals surface area contributed by atoms with Gasteiger partial charge in [-0.15, -0.1) is 0 Å². The molecule has 7 aromatic rings. The van der Waals surface area contributed by atoms with E-state index in [0.717, 1.165) is 22.3 Å². The monoisotopic (exact) mass is 733 g/mol. The normalized spacial score (nSPS) is 18.2. The summed E-state index contributed by atoms with van der Waals surface area (Å²) in [6.45, 7) is 0.420. The Hall–Kier alpha value is -6.40. The quantitative estimate of drug-likeness (QED) is 0.0950. The molecule has 5 aromatic carbocycles. The van der Waals surface area contributed by atoms with Gasteiger partial charge in [-0.25, -0.2) is 19.7 Å². The molecular weight excluding hydrogens is 695 g/mol. The van der Waals surface area contributed by atoms with Crippen molar-refractivity contribution in [3.63, 3.8) is 0 Å². The van der Waals surface area contributed by atoms with E-state index in [-0.39, 0.29) is 6.61 Å². The number of esters is 1. The van der Waals surface area contributed by atoms with Crippen molar-refractivity contribution in [2.75, 3.05) is 19.0 Å². The highest BCUT2D eigenvalue weighted by Gasteiger charge is 2.50. The summed E-state index contributed by atoms with van der Waals surface area (Å²) >= 11 is 0. The van der Waals surface area contributed by atoms with Crippen LogP contribution in [0.3, 0.4) is 0 Å². The number of anilines is 1. The van der Waals surface area contributed by atoms with Gasteiger partial charge in [-0.3, -0.25) is 4.57 Å². The largest absolute Gasteiger partial charge is 0.496 e. The van der Waals surface area contributed by atoms with Crippen LogP contribution in [0.5, 0.6) is 5.75 Å². The Morgan fingerprint density at radius 3 is 2.09 bits per heavy atom. The number of methoxy groups -OCH3 is 1. The molecule has 1 saturated heterocycles. The Balaban J connectivity index is 1.17. The topological polar surface area (TPSA) is 130 Å². The number of aromatic nitrogens is 4. The lowest BCUT2D eigenvalue weighted by atomic mass is 9.79. The van der Waals surface area contributed by atoms with Crippen LogP contribution in [0.15, 0.2) is 158 Å². The molecule has 8 rings (SSSR count). The Morgan fingerprint density at radius 2 is 1.42 bits per heavy atom. The highest BCUT2D eigenvalue weighted by Crippen LogP contribution is 2.45. The molecule has 0 amide bonds. The van der Waals surface area contributed by atoms with E-state index >= 15 is 0 Å². The number of ether oxygens (including phenoxy) is 4. The lowest BCUT2D eigenvalue weighted by Crippen LogP contribution is -2.42. The molecule has 0 radical (unpaired) electrons. The molecule has 4 atom stereocenters. The van der Waals surface area contributed by atoms with Crippen molar-refractivity contribution >= 4 is 23.0 Å². The molecule has 0 unspecified atom stereocenters. The predicted octanol–water partition coefficient (Wildman–Crippen LogP) is 6.94. The number of hydrogen-bond acceptors (Lipinski definition) is 10. The fourth-order valence-electron chi connectivity index (χ4n) is 7.15. The molecule has 2 aromatic heterocycles. The number of benzene rings is 5. The van der Waals surface area contributed by atoms with Crippen LogP contribution in [0.1, 0.15) is 38.8 Å². The minimum Gasteiger partial charge on any atom is -0.496 e. The van der Waals surface area contributed by atoms with Gasteiger partial charge in [-0.05, 0) is 34.9 Å². The van der Waals surface area contributed by atoms with Crippen LogP contribution < -0.4 is 10.1 Å². The highest BCUT2D eigenvalue weighted by atomic mass is 16.6. The van der Waals surface area contributed by atoms with E-state index in [0.29, 0.717) is 34.8 Å². The maximum atomic E-state index is 13.6. The molecular formula is C44H39N5O6. The summed E-state index contributed by atoms with van der Waals surface area (Å²) in [4.78, 5) is 27.2. The second-order valence-corrected chi connectivity index (χ2v) is 13.1. The zero-order valence-corrected chi connectivity index (χ0v) is 30.0. The zero-order valence-electron chi connectivity index (χ0n) is 30.0. The van der Waals surface area contributed by atoms with Crippen molar-refractivity contribution in [2.24, 2.45) is 0 Å². The highest BCUT2D eigenvalue weighted by molar-refractivity contribution is 5.89. The summed E-state index contributed by atoms with van der Waals surface area (Å²) in [5.74, 6) is 0.541. The van der Waals surface area contributed by atoms with Gasteiger partial charge in [0.1, 0.15) is 29.9 Å². The van der Waals surface area contributed by atoms with E-state index in [4.69, 9.17) is 18.9 Å². The van der Waals surface area contributed by atoms with Crippen LogP contribution in [-0.2, 0) is 26.4 Å². The fraction of sp³-hybridized carbons (Fsp3) is 0.182. The van der Waals surface area contributed by atoms with Gasteiger partial charge in [0.2, 0.25) is 0 Å². The summed E-state index contributed by atoms with van der Waals surface area (Å²) < 4.78 is 27.5. The number of nitrogens with zero attached hydrogens (tertiary/aromatic N) is 4. The number of aliphatic hydroxyl groups excluding tert-OH is 1. The molecule has 1 aliphatic rings. The van der Waals surface area contributed by atoms with E-state index in [1.165, 1.54) is 6.33 Å². The first-order valence-corrected chi connectivity index (χ1v) is 18.0. The molecule has 2 N–H and O–H groups in total. The lowest BCUT2D eigenvalue weighted by Gasteiger charge is -2.37. The number of hydrogen-bond donors (Lipinski definition) is 2. The van der Waals surface area contributed by atoms with E-state index in [2.05, 4.69) is 20.3 Å². The minimum absolute atomic E-state index is 0.104. The van der Waals surface area contributed by atoms with Crippen LogP contribution in [0, 0.1) is 0 Å². The van der Waals surface area contributed by atoms with Gasteiger partial charge in [-0.1, -0.05) is 127 Å². The SMILES string of the molecule is COc1ccccc1C(OC[C@H]1O[C@@H](n2cnc3c(NCc4ccccc4)ncnc32)[C@H](O)[C@@H]1OC(=O)c1ccccc1)(c1ccccc1)c1ccccc1. The number of carbonyl (C=O) groups is 1. The van der Waals surface area contributed by atoms with Gasteiger partial charge in [0.05, 0.1) is 25.6 Å². The molecule has 11 nitrogen and oxygen atoms in total. The fourth-order valence-corrected chi connectivity index (χ4v) is 7.15. The molecule has 0 saturated carbocycles. The molecule has 0 aliphatic carbocycles. The van der Waals surface area contributed by atoms with E-state index < -0.39 is 36.1 Å². The first-order chi connectivity index (χ1) is 27.1. The van der Waals surface area contributed by atoms with Crippen molar-refractivity contribution in [1.29, 1.82) is 0 Å². The van der Waals surface area contributed by atoms with Crippen LogP contribution in [0.25, 0.3) is 11.2 Å². The smallest absolute Gasteiger partial charge is 0.338 e. The molecule has 55 heavy (non-hydrogen) atoms. The Kier molecular flexibility index (Phi) is 10.3. The van der Waals surface area contributed by atoms with Gasteiger partial charge in [-0.2, -0.15) is 0 Å². The Bertz CT molecular complexity index is 2300. The number of carbonyl (C=O) groups excluding carboxylic acids is 1. The van der Waals surface area contributed by atoms with Crippen molar-refractivity contribution in [3.05, 3.63) is 186 Å². The van der Waals surface area contributed by atoms with Gasteiger partial charge in [0.15, 0.2) is 29.3 Å². The Labute approximate surface area is 318 Å². The summed E-state index contributed by atoms with van der Waals surface area (Å²) in [7, 11) is 1.63. The van der Waals surface area contributed by atoms with Crippen LogP contribution in [0.2, 0.25) is 0 Å². The number of fused-ring (bicyclic) bond motifs is 1. The average Bonchev–Trinajstić information content (AvgIpc) is 3.82. The molecule has 11 heteroatoms. The summed E-state index contributed by atoms with van der Waals surface area (Å²) in [5.41, 5.74) is 3.57. The summed E-state index contributed by atoms with van der Waals surface area (Å²) in [6.07, 6.45) is -1.47. The van der Waals surface area contributed by atoms with Gasteiger partial charge >= 0.3 is 5.97 Å². The van der Waals surface area contributed by atoms with Crippen LogP contribution in [-0.4, -0.2) is 62.6 Å². The summed E-state index contributed by atoms with van der Waals surface area (Å²) in [6, 6.07) is 46.0.